The lowest BCUT2D eigenvalue weighted by Gasteiger charge is -2.13. The number of nitrogens with one attached hydrogen (secondary N) is 1. The van der Waals surface area contributed by atoms with E-state index in [1.807, 2.05) is 6.92 Å². The summed E-state index contributed by atoms with van der Waals surface area (Å²) in [5.41, 5.74) is 0.494. The maximum atomic E-state index is 10.9. The average molecular weight is 278 g/mol. The maximum Gasteiger partial charge on any atom is 0.308 e. The van der Waals surface area contributed by atoms with E-state index in [1.54, 1.807) is 0 Å². The summed E-state index contributed by atoms with van der Waals surface area (Å²) in [6.07, 6.45) is 1.41. The van der Waals surface area contributed by atoms with Crippen molar-refractivity contribution in [3.05, 3.63) is 16.4 Å². The van der Waals surface area contributed by atoms with E-state index in [0.717, 1.165) is 6.42 Å². The Hall–Kier alpha value is -1.07. The zero-order valence-electron chi connectivity index (χ0n) is 9.28. The Kier molecular flexibility index (Phi) is 5.44. The number of halogens is 2. The number of aromatic nitrogens is 2. The summed E-state index contributed by atoms with van der Waals surface area (Å²) in [7, 11) is 0. The van der Waals surface area contributed by atoms with Crippen molar-refractivity contribution in [2.45, 2.75) is 19.8 Å². The molecular weight excluding hydrogens is 265 g/mol. The van der Waals surface area contributed by atoms with Gasteiger partial charge in [-0.15, -0.1) is 10.2 Å². The molecule has 1 aromatic heterocycles. The van der Waals surface area contributed by atoms with Crippen LogP contribution in [0.3, 0.4) is 0 Å². The number of rotatable bonds is 6. The van der Waals surface area contributed by atoms with Crippen molar-refractivity contribution in [3.8, 4) is 0 Å². The van der Waals surface area contributed by atoms with E-state index in [-0.39, 0.29) is 16.9 Å². The molecule has 5 nitrogen and oxygen atoms in total. The van der Waals surface area contributed by atoms with Gasteiger partial charge in [0.1, 0.15) is 0 Å². The molecule has 94 valence electrons. The van der Waals surface area contributed by atoms with Crippen LogP contribution in [0.1, 0.15) is 19.8 Å². The summed E-state index contributed by atoms with van der Waals surface area (Å²) < 4.78 is 0. The van der Waals surface area contributed by atoms with Crippen LogP contribution in [-0.4, -0.2) is 27.8 Å². The molecule has 0 radical (unpaired) electrons. The summed E-state index contributed by atoms with van der Waals surface area (Å²) in [4.78, 5) is 10.9. The lowest BCUT2D eigenvalue weighted by Crippen LogP contribution is -2.23. The minimum Gasteiger partial charge on any atom is -0.481 e. The molecule has 0 aliphatic heterocycles. The molecule has 0 saturated heterocycles. The Labute approximate surface area is 109 Å². The van der Waals surface area contributed by atoms with E-state index >= 15 is 0 Å². The average Bonchev–Trinajstić information content (AvgIpc) is 2.28. The maximum absolute atomic E-state index is 10.9. The SMILES string of the molecule is CCCC(CNc1cc(Cl)nnc1Cl)C(=O)O. The van der Waals surface area contributed by atoms with E-state index in [0.29, 0.717) is 12.1 Å². The number of nitrogens with zero attached hydrogens (tertiary/aromatic N) is 2. The number of anilines is 1. The first-order valence-electron chi connectivity index (χ1n) is 5.20. The van der Waals surface area contributed by atoms with Crippen molar-refractivity contribution in [1.82, 2.24) is 10.2 Å². The second-order valence-corrected chi connectivity index (χ2v) is 4.32. The lowest BCUT2D eigenvalue weighted by molar-refractivity contribution is -0.141. The van der Waals surface area contributed by atoms with Gasteiger partial charge in [-0.3, -0.25) is 4.79 Å². The third-order valence-electron chi connectivity index (χ3n) is 2.24. The summed E-state index contributed by atoms with van der Waals surface area (Å²) in [6, 6.07) is 1.52. The first kappa shape index (κ1) is 14.0. The van der Waals surface area contributed by atoms with Crippen molar-refractivity contribution in [2.24, 2.45) is 5.92 Å². The Morgan fingerprint density at radius 1 is 1.53 bits per heavy atom. The summed E-state index contributed by atoms with van der Waals surface area (Å²) >= 11 is 11.5. The van der Waals surface area contributed by atoms with E-state index in [9.17, 15) is 4.79 Å². The van der Waals surface area contributed by atoms with Crippen molar-refractivity contribution < 1.29 is 9.90 Å². The van der Waals surface area contributed by atoms with Gasteiger partial charge in [0, 0.05) is 12.6 Å². The van der Waals surface area contributed by atoms with E-state index in [1.165, 1.54) is 6.07 Å². The quantitative estimate of drug-likeness (QED) is 0.836. The molecule has 1 heterocycles. The lowest BCUT2D eigenvalue weighted by atomic mass is 10.0. The summed E-state index contributed by atoms with van der Waals surface area (Å²) in [5.74, 6) is -1.29. The molecule has 2 N–H and O–H groups in total. The van der Waals surface area contributed by atoms with Crippen LogP contribution in [0.25, 0.3) is 0 Å². The molecule has 1 unspecified atom stereocenters. The number of aliphatic carboxylic acids is 1. The van der Waals surface area contributed by atoms with Gasteiger partial charge in [0.25, 0.3) is 0 Å². The fourth-order valence-corrected chi connectivity index (χ4v) is 1.68. The van der Waals surface area contributed by atoms with Crippen LogP contribution in [0.4, 0.5) is 5.69 Å². The number of carboxylic acids is 1. The predicted molar refractivity (Wildman–Crippen MR) is 66.6 cm³/mol. The third kappa shape index (κ3) is 4.36. The van der Waals surface area contributed by atoms with Gasteiger partial charge in [-0.1, -0.05) is 36.5 Å². The van der Waals surface area contributed by atoms with Crippen molar-refractivity contribution in [1.29, 1.82) is 0 Å². The first-order valence-corrected chi connectivity index (χ1v) is 5.95. The van der Waals surface area contributed by atoms with Gasteiger partial charge in [-0.2, -0.15) is 0 Å². The zero-order valence-corrected chi connectivity index (χ0v) is 10.8. The molecule has 0 saturated carbocycles. The number of hydrogen-bond acceptors (Lipinski definition) is 4. The van der Waals surface area contributed by atoms with Crippen LogP contribution in [0, 0.1) is 5.92 Å². The van der Waals surface area contributed by atoms with Crippen LogP contribution in [0.2, 0.25) is 10.3 Å². The molecule has 0 amide bonds. The van der Waals surface area contributed by atoms with Gasteiger partial charge in [-0.05, 0) is 6.42 Å². The smallest absolute Gasteiger partial charge is 0.308 e. The highest BCUT2D eigenvalue weighted by Gasteiger charge is 2.16. The van der Waals surface area contributed by atoms with Gasteiger partial charge in [0.05, 0.1) is 11.6 Å². The molecule has 0 aliphatic carbocycles. The Morgan fingerprint density at radius 2 is 2.24 bits per heavy atom. The summed E-state index contributed by atoms with van der Waals surface area (Å²) in [6.45, 7) is 2.22. The van der Waals surface area contributed by atoms with Crippen LogP contribution in [-0.2, 0) is 4.79 Å². The van der Waals surface area contributed by atoms with E-state index < -0.39 is 11.9 Å². The first-order chi connectivity index (χ1) is 8.04. The second kappa shape index (κ2) is 6.61. The van der Waals surface area contributed by atoms with Gasteiger partial charge in [0.15, 0.2) is 10.3 Å². The molecule has 0 aliphatic rings. The molecule has 0 spiro atoms. The van der Waals surface area contributed by atoms with Gasteiger partial charge >= 0.3 is 5.97 Å². The highest BCUT2D eigenvalue weighted by Crippen LogP contribution is 2.21. The number of carbonyl (C=O) groups is 1. The molecular formula is C10H13Cl2N3O2. The Balaban J connectivity index is 2.64. The molecule has 7 heteroatoms. The second-order valence-electron chi connectivity index (χ2n) is 3.58. The number of carboxylic acid groups (broad SMARTS) is 1. The number of hydrogen-bond donors (Lipinski definition) is 2. The van der Waals surface area contributed by atoms with Crippen LogP contribution >= 0.6 is 23.2 Å². The van der Waals surface area contributed by atoms with Crippen molar-refractivity contribution in [3.63, 3.8) is 0 Å². The minimum atomic E-state index is -0.830. The van der Waals surface area contributed by atoms with Gasteiger partial charge in [0.2, 0.25) is 0 Å². The third-order valence-corrected chi connectivity index (χ3v) is 2.71. The standard InChI is InChI=1S/C10H13Cl2N3O2/c1-2-3-6(10(16)17)5-13-7-4-8(11)14-15-9(7)12/h4,6H,2-3,5H2,1H3,(H,13,14)(H,16,17). The largest absolute Gasteiger partial charge is 0.481 e. The van der Waals surface area contributed by atoms with Crippen molar-refractivity contribution in [2.75, 3.05) is 11.9 Å². The van der Waals surface area contributed by atoms with Crippen LogP contribution in [0.15, 0.2) is 6.07 Å². The van der Waals surface area contributed by atoms with E-state index in [4.69, 9.17) is 28.3 Å². The van der Waals surface area contributed by atoms with Crippen LogP contribution in [0.5, 0.6) is 0 Å². The highest BCUT2D eigenvalue weighted by molar-refractivity contribution is 6.33. The normalized spacial score (nSPS) is 12.2. The molecule has 0 fully saturated rings. The molecule has 1 aromatic rings. The molecule has 0 aromatic carbocycles. The molecule has 0 bridgehead atoms. The van der Waals surface area contributed by atoms with Crippen molar-refractivity contribution >= 4 is 34.9 Å². The fraction of sp³-hybridized carbons (Fsp3) is 0.500. The molecule has 1 atom stereocenters. The fourth-order valence-electron chi connectivity index (χ4n) is 1.37. The molecule has 17 heavy (non-hydrogen) atoms. The van der Waals surface area contributed by atoms with Gasteiger partial charge < -0.3 is 10.4 Å². The monoisotopic (exact) mass is 277 g/mol. The topological polar surface area (TPSA) is 75.1 Å². The van der Waals surface area contributed by atoms with Gasteiger partial charge in [-0.25, -0.2) is 0 Å². The highest BCUT2D eigenvalue weighted by atomic mass is 35.5. The van der Waals surface area contributed by atoms with Crippen LogP contribution < -0.4 is 5.32 Å². The Morgan fingerprint density at radius 3 is 2.82 bits per heavy atom. The molecule has 1 rings (SSSR count). The minimum absolute atomic E-state index is 0.176. The zero-order chi connectivity index (χ0) is 12.8. The summed E-state index contributed by atoms with van der Waals surface area (Å²) in [5, 5.41) is 19.5. The Bertz CT molecular complexity index is 401. The van der Waals surface area contributed by atoms with E-state index in [2.05, 4.69) is 15.5 Å². The predicted octanol–water partition coefficient (Wildman–Crippen LogP) is 2.70.